The Morgan fingerprint density at radius 1 is 1.39 bits per heavy atom. The standard InChI is InChI=1S/C15H23NO2/c1-15(2,3)10-12(16)9-14(18)8-11-5-4-6-13(17)7-11/h4-7,12,17H,8-10,16H2,1-3H3. The summed E-state index contributed by atoms with van der Waals surface area (Å²) in [7, 11) is 0. The van der Waals surface area contributed by atoms with Crippen molar-refractivity contribution in [2.24, 2.45) is 11.1 Å². The highest BCUT2D eigenvalue weighted by atomic mass is 16.3. The molecule has 0 saturated carbocycles. The van der Waals surface area contributed by atoms with Crippen LogP contribution >= 0.6 is 0 Å². The molecule has 1 atom stereocenters. The van der Waals surface area contributed by atoms with Crippen molar-refractivity contribution >= 4 is 5.78 Å². The lowest BCUT2D eigenvalue weighted by Crippen LogP contribution is -2.29. The van der Waals surface area contributed by atoms with Gasteiger partial charge in [-0.3, -0.25) is 4.79 Å². The molecule has 1 rings (SSSR count). The zero-order valence-electron chi connectivity index (χ0n) is 11.4. The first kappa shape index (κ1) is 14.7. The molecule has 0 heterocycles. The van der Waals surface area contributed by atoms with Crippen LogP contribution < -0.4 is 5.73 Å². The van der Waals surface area contributed by atoms with Gasteiger partial charge >= 0.3 is 0 Å². The van der Waals surface area contributed by atoms with Crippen molar-refractivity contribution in [1.29, 1.82) is 0 Å². The van der Waals surface area contributed by atoms with Gasteiger partial charge < -0.3 is 10.8 Å². The number of benzene rings is 1. The maximum absolute atomic E-state index is 11.9. The molecule has 1 aromatic rings. The minimum absolute atomic E-state index is 0.0881. The van der Waals surface area contributed by atoms with Crippen molar-refractivity contribution < 1.29 is 9.90 Å². The van der Waals surface area contributed by atoms with Crippen LogP contribution in [0.15, 0.2) is 24.3 Å². The van der Waals surface area contributed by atoms with Gasteiger partial charge in [0.1, 0.15) is 11.5 Å². The first-order valence-electron chi connectivity index (χ1n) is 6.31. The summed E-state index contributed by atoms with van der Waals surface area (Å²) in [5.41, 5.74) is 6.95. The molecule has 0 aliphatic heterocycles. The first-order chi connectivity index (χ1) is 8.26. The second-order valence-electron chi connectivity index (χ2n) is 6.11. The minimum atomic E-state index is -0.0881. The molecule has 100 valence electrons. The summed E-state index contributed by atoms with van der Waals surface area (Å²) in [4.78, 5) is 11.9. The molecule has 18 heavy (non-hydrogen) atoms. The molecule has 0 fully saturated rings. The molecule has 0 aliphatic carbocycles. The predicted molar refractivity (Wildman–Crippen MR) is 73.5 cm³/mol. The Morgan fingerprint density at radius 3 is 2.61 bits per heavy atom. The van der Waals surface area contributed by atoms with E-state index in [1.54, 1.807) is 18.2 Å². The second-order valence-corrected chi connectivity index (χ2v) is 6.11. The van der Waals surface area contributed by atoms with Gasteiger partial charge in [-0.05, 0) is 29.5 Å². The number of hydrogen-bond acceptors (Lipinski definition) is 3. The zero-order valence-corrected chi connectivity index (χ0v) is 11.4. The van der Waals surface area contributed by atoms with Crippen molar-refractivity contribution in [2.75, 3.05) is 0 Å². The van der Waals surface area contributed by atoms with Crippen LogP contribution in [0.4, 0.5) is 0 Å². The molecule has 1 unspecified atom stereocenters. The first-order valence-corrected chi connectivity index (χ1v) is 6.31. The normalized spacial score (nSPS) is 13.3. The van der Waals surface area contributed by atoms with E-state index in [9.17, 15) is 9.90 Å². The third-order valence-corrected chi connectivity index (χ3v) is 2.68. The molecule has 3 heteroatoms. The number of rotatable bonds is 5. The number of ketones is 1. The van der Waals surface area contributed by atoms with Crippen molar-refractivity contribution in [3.05, 3.63) is 29.8 Å². The average molecular weight is 249 g/mol. The number of carbonyl (C=O) groups excluding carboxylic acids is 1. The van der Waals surface area contributed by atoms with Crippen molar-refractivity contribution in [1.82, 2.24) is 0 Å². The summed E-state index contributed by atoms with van der Waals surface area (Å²) < 4.78 is 0. The average Bonchev–Trinajstić information content (AvgIpc) is 2.13. The minimum Gasteiger partial charge on any atom is -0.508 e. The lowest BCUT2D eigenvalue weighted by atomic mass is 9.86. The van der Waals surface area contributed by atoms with E-state index < -0.39 is 0 Å². The Balaban J connectivity index is 2.47. The van der Waals surface area contributed by atoms with Crippen LogP contribution in [0.25, 0.3) is 0 Å². The van der Waals surface area contributed by atoms with Crippen LogP contribution in [-0.4, -0.2) is 16.9 Å². The van der Waals surface area contributed by atoms with Gasteiger partial charge in [0.2, 0.25) is 0 Å². The lowest BCUT2D eigenvalue weighted by molar-refractivity contribution is -0.118. The second kappa shape index (κ2) is 6.01. The van der Waals surface area contributed by atoms with Crippen molar-refractivity contribution in [3.63, 3.8) is 0 Å². The van der Waals surface area contributed by atoms with E-state index in [1.807, 2.05) is 6.07 Å². The summed E-state index contributed by atoms with van der Waals surface area (Å²) in [5.74, 6) is 0.316. The number of carbonyl (C=O) groups is 1. The van der Waals surface area contributed by atoms with E-state index in [-0.39, 0.29) is 23.0 Å². The fourth-order valence-corrected chi connectivity index (χ4v) is 2.12. The highest BCUT2D eigenvalue weighted by Gasteiger charge is 2.18. The molecule has 0 spiro atoms. The smallest absolute Gasteiger partial charge is 0.138 e. The van der Waals surface area contributed by atoms with Gasteiger partial charge in [0.15, 0.2) is 0 Å². The molecule has 0 radical (unpaired) electrons. The monoisotopic (exact) mass is 249 g/mol. The van der Waals surface area contributed by atoms with Gasteiger partial charge in [-0.2, -0.15) is 0 Å². The molecular formula is C15H23NO2. The molecule has 0 saturated heterocycles. The van der Waals surface area contributed by atoms with Crippen LogP contribution in [0, 0.1) is 5.41 Å². The van der Waals surface area contributed by atoms with Gasteiger partial charge in [-0.15, -0.1) is 0 Å². The van der Waals surface area contributed by atoms with Crippen LogP contribution in [-0.2, 0) is 11.2 Å². The Morgan fingerprint density at radius 2 is 2.06 bits per heavy atom. The third-order valence-electron chi connectivity index (χ3n) is 2.68. The number of phenolic OH excluding ortho intramolecular Hbond substituents is 1. The van der Waals surface area contributed by atoms with E-state index in [2.05, 4.69) is 20.8 Å². The van der Waals surface area contributed by atoms with Crippen molar-refractivity contribution in [2.45, 2.75) is 46.1 Å². The molecule has 0 bridgehead atoms. The highest BCUT2D eigenvalue weighted by molar-refractivity contribution is 5.81. The summed E-state index contributed by atoms with van der Waals surface area (Å²) >= 11 is 0. The number of phenols is 1. The molecule has 3 nitrogen and oxygen atoms in total. The molecular weight excluding hydrogens is 226 g/mol. The summed E-state index contributed by atoms with van der Waals surface area (Å²) in [5, 5.41) is 9.32. The van der Waals surface area contributed by atoms with E-state index >= 15 is 0 Å². The van der Waals surface area contributed by atoms with E-state index in [0.717, 1.165) is 12.0 Å². The van der Waals surface area contributed by atoms with E-state index in [0.29, 0.717) is 12.8 Å². The topological polar surface area (TPSA) is 63.3 Å². The van der Waals surface area contributed by atoms with Gasteiger partial charge in [-0.25, -0.2) is 0 Å². The number of hydrogen-bond donors (Lipinski definition) is 2. The molecule has 0 amide bonds. The number of aromatic hydroxyl groups is 1. The summed E-state index contributed by atoms with van der Waals surface area (Å²) in [6.07, 6.45) is 1.57. The summed E-state index contributed by atoms with van der Waals surface area (Å²) in [6, 6.07) is 6.71. The van der Waals surface area contributed by atoms with Crippen LogP contribution in [0.1, 0.15) is 39.2 Å². The van der Waals surface area contributed by atoms with Gasteiger partial charge in [-0.1, -0.05) is 32.9 Å². The third kappa shape index (κ3) is 5.82. The van der Waals surface area contributed by atoms with Crippen LogP contribution in [0.3, 0.4) is 0 Å². The van der Waals surface area contributed by atoms with Crippen LogP contribution in [0.5, 0.6) is 5.75 Å². The van der Waals surface area contributed by atoms with E-state index in [1.165, 1.54) is 0 Å². The molecule has 1 aromatic carbocycles. The Bertz CT molecular complexity index is 407. The highest BCUT2D eigenvalue weighted by Crippen LogP contribution is 2.21. The molecule has 3 N–H and O–H groups in total. The number of nitrogens with two attached hydrogens (primary N) is 1. The fraction of sp³-hybridized carbons (Fsp3) is 0.533. The number of Topliss-reactive ketones (excluding diaryl/α,β-unsaturated/α-hetero) is 1. The van der Waals surface area contributed by atoms with Gasteiger partial charge in [0.25, 0.3) is 0 Å². The Kier molecular flexibility index (Phi) is 4.91. The van der Waals surface area contributed by atoms with Crippen LogP contribution in [0.2, 0.25) is 0 Å². The zero-order chi connectivity index (χ0) is 13.8. The Hall–Kier alpha value is -1.35. The van der Waals surface area contributed by atoms with Gasteiger partial charge in [0.05, 0.1) is 0 Å². The largest absolute Gasteiger partial charge is 0.508 e. The lowest BCUT2D eigenvalue weighted by Gasteiger charge is -2.22. The fourth-order valence-electron chi connectivity index (χ4n) is 2.12. The summed E-state index contributed by atoms with van der Waals surface area (Å²) in [6.45, 7) is 6.35. The Labute approximate surface area is 109 Å². The quantitative estimate of drug-likeness (QED) is 0.843. The molecule has 0 aromatic heterocycles. The maximum Gasteiger partial charge on any atom is 0.138 e. The van der Waals surface area contributed by atoms with E-state index in [4.69, 9.17) is 5.73 Å². The maximum atomic E-state index is 11.9. The molecule has 0 aliphatic rings. The van der Waals surface area contributed by atoms with Crippen molar-refractivity contribution in [3.8, 4) is 5.75 Å². The predicted octanol–water partition coefficient (Wildman–Crippen LogP) is 2.66. The van der Waals surface area contributed by atoms with Gasteiger partial charge in [0, 0.05) is 18.9 Å². The SMILES string of the molecule is CC(C)(C)CC(N)CC(=O)Cc1cccc(O)c1.